The lowest BCUT2D eigenvalue weighted by Gasteiger charge is -2.19. The number of hydrogen-bond donors (Lipinski definition) is 2. The van der Waals surface area contributed by atoms with Crippen LogP contribution in [0.2, 0.25) is 0 Å². The van der Waals surface area contributed by atoms with Crippen molar-refractivity contribution in [3.05, 3.63) is 17.0 Å². The Morgan fingerprint density at radius 1 is 1.56 bits per heavy atom. The second-order valence-electron chi connectivity index (χ2n) is 4.41. The van der Waals surface area contributed by atoms with Crippen LogP contribution in [0.15, 0.2) is 16.3 Å². The van der Waals surface area contributed by atoms with Crippen LogP contribution in [-0.4, -0.2) is 42.4 Å². The predicted molar refractivity (Wildman–Crippen MR) is 67.0 cm³/mol. The minimum Gasteiger partial charge on any atom is -0.480 e. The summed E-state index contributed by atoms with van der Waals surface area (Å²) >= 11 is 1.17. The molecule has 18 heavy (non-hydrogen) atoms. The number of nitrogens with two attached hydrogens (primary N) is 1. The van der Waals surface area contributed by atoms with Crippen molar-refractivity contribution in [2.24, 2.45) is 5.73 Å². The first-order valence-electron chi connectivity index (χ1n) is 5.34. The number of aliphatic carboxylic acids is 1. The smallest absolute Gasteiger partial charge is 0.325 e. The number of rotatable bonds is 3. The average Bonchev–Trinajstić information content (AvgIpc) is 2.86. The quantitative estimate of drug-likeness (QED) is 0.830. The molecule has 1 aromatic heterocycles. The monoisotopic (exact) mass is 290 g/mol. The van der Waals surface area contributed by atoms with Crippen molar-refractivity contribution in [3.8, 4) is 0 Å². The summed E-state index contributed by atoms with van der Waals surface area (Å²) in [5, 5.41) is 8.99. The fourth-order valence-electron chi connectivity index (χ4n) is 1.85. The minimum absolute atomic E-state index is 0.131. The summed E-state index contributed by atoms with van der Waals surface area (Å²) in [7, 11) is -3.61. The number of sulfonamides is 1. The van der Waals surface area contributed by atoms with E-state index in [1.165, 1.54) is 17.4 Å². The fourth-order valence-corrected chi connectivity index (χ4v) is 4.80. The zero-order valence-corrected chi connectivity index (χ0v) is 11.4. The summed E-state index contributed by atoms with van der Waals surface area (Å²) < 4.78 is 25.9. The van der Waals surface area contributed by atoms with Crippen molar-refractivity contribution in [3.63, 3.8) is 0 Å². The maximum Gasteiger partial charge on any atom is 0.325 e. The van der Waals surface area contributed by atoms with Gasteiger partial charge in [0.25, 0.3) is 10.0 Å². The van der Waals surface area contributed by atoms with E-state index >= 15 is 0 Å². The summed E-state index contributed by atoms with van der Waals surface area (Å²) in [6.07, 6.45) is 0.131. The van der Waals surface area contributed by atoms with Crippen molar-refractivity contribution < 1.29 is 18.3 Å². The first-order valence-corrected chi connectivity index (χ1v) is 7.60. The largest absolute Gasteiger partial charge is 0.480 e. The third kappa shape index (κ3) is 2.16. The lowest BCUT2D eigenvalue weighted by Crippen LogP contribution is -2.50. The normalized spacial score (nSPS) is 25.4. The lowest BCUT2D eigenvalue weighted by molar-refractivity contribution is -0.142. The van der Waals surface area contributed by atoms with Crippen LogP contribution in [0.4, 0.5) is 0 Å². The number of aryl methyl sites for hydroxylation is 1. The van der Waals surface area contributed by atoms with E-state index in [2.05, 4.69) is 0 Å². The van der Waals surface area contributed by atoms with Crippen LogP contribution in [0, 0.1) is 6.92 Å². The van der Waals surface area contributed by atoms with Gasteiger partial charge in [-0.15, -0.1) is 11.3 Å². The Balaban J connectivity index is 2.27. The molecule has 1 aliphatic heterocycles. The summed E-state index contributed by atoms with van der Waals surface area (Å²) in [5.74, 6) is -1.16. The van der Waals surface area contributed by atoms with Gasteiger partial charge in [0, 0.05) is 18.0 Å². The van der Waals surface area contributed by atoms with Gasteiger partial charge in [0.05, 0.1) is 0 Å². The van der Waals surface area contributed by atoms with Crippen LogP contribution in [0.1, 0.15) is 11.3 Å². The van der Waals surface area contributed by atoms with Crippen LogP contribution < -0.4 is 5.73 Å². The minimum atomic E-state index is -3.61. The van der Waals surface area contributed by atoms with Crippen LogP contribution in [0.25, 0.3) is 0 Å². The van der Waals surface area contributed by atoms with Gasteiger partial charge in [-0.1, -0.05) is 0 Å². The van der Waals surface area contributed by atoms with E-state index in [4.69, 9.17) is 10.8 Å². The Kier molecular flexibility index (Phi) is 3.22. The Hall–Kier alpha value is -0.960. The highest BCUT2D eigenvalue weighted by Gasteiger charge is 2.45. The third-order valence-electron chi connectivity index (χ3n) is 3.00. The second-order valence-corrected chi connectivity index (χ2v) is 7.87. The van der Waals surface area contributed by atoms with E-state index in [9.17, 15) is 13.2 Å². The predicted octanol–water partition coefficient (Wildman–Crippen LogP) is 0.233. The Morgan fingerprint density at radius 2 is 2.22 bits per heavy atom. The molecule has 0 spiro atoms. The number of hydrogen-bond acceptors (Lipinski definition) is 5. The molecule has 1 aromatic rings. The summed E-state index contributed by atoms with van der Waals surface area (Å²) in [6, 6.07) is 3.26. The van der Waals surface area contributed by atoms with E-state index in [1.807, 2.05) is 6.92 Å². The molecule has 0 amide bonds. The molecule has 1 saturated heterocycles. The number of carboxylic acids is 1. The highest BCUT2D eigenvalue weighted by molar-refractivity contribution is 7.91. The molecule has 3 N–H and O–H groups in total. The molecule has 100 valence electrons. The van der Waals surface area contributed by atoms with Gasteiger partial charge in [-0.25, -0.2) is 8.42 Å². The molecule has 6 nitrogen and oxygen atoms in total. The fraction of sp³-hybridized carbons (Fsp3) is 0.500. The molecule has 2 heterocycles. The van der Waals surface area contributed by atoms with E-state index in [0.717, 1.165) is 9.18 Å². The molecule has 0 bridgehead atoms. The van der Waals surface area contributed by atoms with E-state index < -0.39 is 21.5 Å². The highest BCUT2D eigenvalue weighted by atomic mass is 32.2. The molecule has 2 rings (SSSR count). The standard InChI is InChI=1S/C10H14N2O4S2/c1-7-2-3-8(17-7)18(15,16)12-5-4-10(11,6-12)9(13)14/h2-3H,4-6,11H2,1H3,(H,13,14). The van der Waals surface area contributed by atoms with Gasteiger partial charge in [0.2, 0.25) is 0 Å². The van der Waals surface area contributed by atoms with Crippen molar-refractivity contribution in [1.82, 2.24) is 4.31 Å². The van der Waals surface area contributed by atoms with Gasteiger partial charge < -0.3 is 10.8 Å². The molecule has 1 unspecified atom stereocenters. The Labute approximate surface area is 109 Å². The van der Waals surface area contributed by atoms with Gasteiger partial charge in [-0.2, -0.15) is 4.31 Å². The van der Waals surface area contributed by atoms with Crippen LogP contribution in [0.5, 0.6) is 0 Å². The van der Waals surface area contributed by atoms with Gasteiger partial charge in [0.15, 0.2) is 0 Å². The topological polar surface area (TPSA) is 101 Å². The van der Waals surface area contributed by atoms with Gasteiger partial charge in [0.1, 0.15) is 9.75 Å². The highest BCUT2D eigenvalue weighted by Crippen LogP contribution is 2.29. The molecular formula is C10H14N2O4S2. The Morgan fingerprint density at radius 3 is 2.67 bits per heavy atom. The first-order chi connectivity index (χ1) is 8.25. The molecule has 1 atom stereocenters. The van der Waals surface area contributed by atoms with Crippen molar-refractivity contribution in [2.45, 2.75) is 23.1 Å². The lowest BCUT2D eigenvalue weighted by atomic mass is 10.0. The van der Waals surface area contributed by atoms with Crippen LogP contribution in [0.3, 0.4) is 0 Å². The third-order valence-corrected chi connectivity index (χ3v) is 6.31. The maximum atomic E-state index is 12.2. The van der Waals surface area contributed by atoms with E-state index in [-0.39, 0.29) is 23.7 Å². The van der Waals surface area contributed by atoms with Gasteiger partial charge in [-0.05, 0) is 25.5 Å². The molecule has 0 saturated carbocycles. The van der Waals surface area contributed by atoms with Gasteiger partial charge >= 0.3 is 5.97 Å². The number of carbonyl (C=O) groups is 1. The van der Waals surface area contributed by atoms with Crippen LogP contribution >= 0.6 is 11.3 Å². The van der Waals surface area contributed by atoms with Crippen LogP contribution in [-0.2, 0) is 14.8 Å². The zero-order valence-electron chi connectivity index (χ0n) is 9.79. The zero-order chi connectivity index (χ0) is 13.6. The van der Waals surface area contributed by atoms with E-state index in [0.29, 0.717) is 0 Å². The first kappa shape index (κ1) is 13.5. The number of thiophene rings is 1. The van der Waals surface area contributed by atoms with Crippen molar-refractivity contribution in [2.75, 3.05) is 13.1 Å². The van der Waals surface area contributed by atoms with Crippen molar-refractivity contribution in [1.29, 1.82) is 0 Å². The number of nitrogens with zero attached hydrogens (tertiary/aromatic N) is 1. The van der Waals surface area contributed by atoms with E-state index in [1.54, 1.807) is 6.07 Å². The summed E-state index contributed by atoms with van der Waals surface area (Å²) in [5.41, 5.74) is 4.20. The molecule has 0 aromatic carbocycles. The molecule has 0 radical (unpaired) electrons. The molecule has 1 aliphatic rings. The molecule has 1 fully saturated rings. The van der Waals surface area contributed by atoms with Gasteiger partial charge in [-0.3, -0.25) is 4.79 Å². The molecule has 0 aliphatic carbocycles. The maximum absolute atomic E-state index is 12.2. The summed E-state index contributed by atoms with van der Waals surface area (Å²) in [4.78, 5) is 11.9. The molecule has 8 heteroatoms. The Bertz CT molecular complexity index is 580. The SMILES string of the molecule is Cc1ccc(S(=O)(=O)N2CCC(N)(C(=O)O)C2)s1. The number of carboxylic acid groups (broad SMARTS) is 1. The summed E-state index contributed by atoms with van der Waals surface area (Å²) in [6.45, 7) is 1.78. The second kappa shape index (κ2) is 4.30. The average molecular weight is 290 g/mol. The molecular weight excluding hydrogens is 276 g/mol. The van der Waals surface area contributed by atoms with Crippen molar-refractivity contribution >= 4 is 27.3 Å².